The molecular weight excluding hydrogens is 338 g/mol. The van der Waals surface area contributed by atoms with Gasteiger partial charge in [0.2, 0.25) is 0 Å². The molecule has 2 aromatic rings. The average molecular weight is 355 g/mol. The first-order chi connectivity index (χ1) is 9.49. The van der Waals surface area contributed by atoms with Crippen LogP contribution >= 0.6 is 27.5 Å². The predicted octanol–water partition coefficient (Wildman–Crippen LogP) is 4.94. The Morgan fingerprint density at radius 3 is 2.45 bits per heavy atom. The van der Waals surface area contributed by atoms with Crippen LogP contribution in [0, 0.1) is 0 Å². The lowest BCUT2D eigenvalue weighted by Gasteiger charge is -2.20. The van der Waals surface area contributed by atoms with E-state index in [4.69, 9.17) is 22.1 Å². The lowest BCUT2D eigenvalue weighted by molar-refractivity contribution is 0.239. The lowest BCUT2D eigenvalue weighted by Crippen LogP contribution is -2.16. The molecule has 1 unspecified atom stereocenters. The Morgan fingerprint density at radius 2 is 1.80 bits per heavy atom. The van der Waals surface area contributed by atoms with Crippen molar-refractivity contribution in [2.24, 2.45) is 5.73 Å². The first-order valence-electron chi connectivity index (χ1n) is 6.45. The molecule has 2 N–H and O–H groups in total. The minimum atomic E-state index is -0.267. The van der Waals surface area contributed by atoms with Crippen molar-refractivity contribution < 1.29 is 4.74 Å². The fourth-order valence-corrected chi connectivity index (χ4v) is 2.95. The Hall–Kier alpha value is -1.03. The molecule has 2 nitrogen and oxygen atoms in total. The summed E-state index contributed by atoms with van der Waals surface area (Å²) in [4.78, 5) is 0. The highest BCUT2D eigenvalue weighted by atomic mass is 79.9. The van der Waals surface area contributed by atoms with Crippen molar-refractivity contribution in [3.8, 4) is 5.75 Å². The van der Waals surface area contributed by atoms with Crippen LogP contribution in [-0.2, 0) is 0 Å². The fraction of sp³-hybridized carbons (Fsp3) is 0.250. The quantitative estimate of drug-likeness (QED) is 0.844. The van der Waals surface area contributed by atoms with Crippen molar-refractivity contribution in [2.75, 3.05) is 0 Å². The second kappa shape index (κ2) is 6.61. The van der Waals surface area contributed by atoms with Gasteiger partial charge in [-0.3, -0.25) is 0 Å². The Labute approximate surface area is 133 Å². The molecule has 0 aliphatic carbocycles. The number of para-hydroxylation sites is 1. The van der Waals surface area contributed by atoms with Crippen molar-refractivity contribution in [2.45, 2.75) is 26.0 Å². The first kappa shape index (κ1) is 15.4. The van der Waals surface area contributed by atoms with Crippen LogP contribution in [0.25, 0.3) is 0 Å². The predicted molar refractivity (Wildman–Crippen MR) is 87.4 cm³/mol. The summed E-state index contributed by atoms with van der Waals surface area (Å²) in [6.07, 6.45) is 0.108. The van der Waals surface area contributed by atoms with Crippen molar-refractivity contribution >= 4 is 27.5 Å². The lowest BCUT2D eigenvalue weighted by atomic mass is 9.99. The van der Waals surface area contributed by atoms with Crippen molar-refractivity contribution in [3.05, 3.63) is 63.1 Å². The van der Waals surface area contributed by atoms with E-state index < -0.39 is 0 Å². The fourth-order valence-electron chi connectivity index (χ4n) is 2.02. The van der Waals surface area contributed by atoms with Gasteiger partial charge in [0.25, 0.3) is 0 Å². The molecule has 106 valence electrons. The van der Waals surface area contributed by atoms with Gasteiger partial charge in [0.1, 0.15) is 5.75 Å². The number of ether oxygens (including phenoxy) is 1. The van der Waals surface area contributed by atoms with E-state index in [0.29, 0.717) is 5.02 Å². The molecule has 2 aromatic carbocycles. The second-order valence-corrected chi connectivity index (χ2v) is 6.14. The van der Waals surface area contributed by atoms with Gasteiger partial charge in [0.15, 0.2) is 0 Å². The van der Waals surface area contributed by atoms with Crippen molar-refractivity contribution in [1.29, 1.82) is 0 Å². The molecule has 0 bridgehead atoms. The van der Waals surface area contributed by atoms with Gasteiger partial charge in [-0.25, -0.2) is 0 Å². The van der Waals surface area contributed by atoms with Gasteiger partial charge >= 0.3 is 0 Å². The third-order valence-electron chi connectivity index (χ3n) is 2.91. The number of halogens is 2. The molecule has 1 atom stereocenters. The van der Waals surface area contributed by atoms with Crippen molar-refractivity contribution in [3.63, 3.8) is 0 Å². The maximum absolute atomic E-state index is 6.39. The molecule has 0 aliphatic rings. The maximum Gasteiger partial charge on any atom is 0.124 e. The molecule has 0 aliphatic heterocycles. The summed E-state index contributed by atoms with van der Waals surface area (Å²) in [5.74, 6) is 0.817. The molecular formula is C16H17BrClNO. The molecule has 4 heteroatoms. The minimum Gasteiger partial charge on any atom is -0.491 e. The Balaban J connectivity index is 2.40. The molecule has 0 spiro atoms. The van der Waals surface area contributed by atoms with Gasteiger partial charge in [-0.1, -0.05) is 51.8 Å². The second-order valence-electron chi connectivity index (χ2n) is 4.85. The molecule has 0 saturated carbocycles. The third-order valence-corrected chi connectivity index (χ3v) is 3.84. The average Bonchev–Trinajstić information content (AvgIpc) is 2.38. The number of hydrogen-bond donors (Lipinski definition) is 1. The topological polar surface area (TPSA) is 35.2 Å². The van der Waals surface area contributed by atoms with Gasteiger partial charge < -0.3 is 10.5 Å². The van der Waals surface area contributed by atoms with Gasteiger partial charge in [-0.05, 0) is 37.6 Å². The molecule has 2 rings (SSSR count). The van der Waals surface area contributed by atoms with E-state index in [1.807, 2.05) is 56.3 Å². The van der Waals surface area contributed by atoms with E-state index in [1.165, 1.54) is 0 Å². The summed E-state index contributed by atoms with van der Waals surface area (Å²) >= 11 is 9.49. The van der Waals surface area contributed by atoms with E-state index in [2.05, 4.69) is 15.9 Å². The van der Waals surface area contributed by atoms with E-state index in [-0.39, 0.29) is 12.1 Å². The number of nitrogens with two attached hydrogens (primary N) is 1. The van der Waals surface area contributed by atoms with Gasteiger partial charge in [-0.15, -0.1) is 0 Å². The summed E-state index contributed by atoms with van der Waals surface area (Å²) in [6, 6.07) is 13.2. The Morgan fingerprint density at radius 1 is 1.10 bits per heavy atom. The molecule has 0 fully saturated rings. The number of hydrogen-bond acceptors (Lipinski definition) is 2. The normalized spacial score (nSPS) is 12.5. The molecule has 0 radical (unpaired) electrons. The van der Waals surface area contributed by atoms with Gasteiger partial charge in [0, 0.05) is 15.1 Å². The Kier molecular flexibility index (Phi) is 5.08. The van der Waals surface area contributed by atoms with E-state index >= 15 is 0 Å². The van der Waals surface area contributed by atoms with E-state index in [1.54, 1.807) is 0 Å². The maximum atomic E-state index is 6.39. The van der Waals surface area contributed by atoms with Crippen LogP contribution in [0.2, 0.25) is 5.02 Å². The van der Waals surface area contributed by atoms with Crippen molar-refractivity contribution in [1.82, 2.24) is 0 Å². The smallest absolute Gasteiger partial charge is 0.124 e. The molecule has 0 amide bonds. The summed E-state index contributed by atoms with van der Waals surface area (Å²) < 4.78 is 6.73. The summed E-state index contributed by atoms with van der Waals surface area (Å²) in [6.45, 7) is 4.00. The van der Waals surface area contributed by atoms with Crippen LogP contribution in [0.1, 0.15) is 31.0 Å². The van der Waals surface area contributed by atoms with Crippen LogP contribution in [0.5, 0.6) is 5.75 Å². The van der Waals surface area contributed by atoms with Crippen LogP contribution in [0.3, 0.4) is 0 Å². The highest BCUT2D eigenvalue weighted by Gasteiger charge is 2.17. The van der Waals surface area contributed by atoms with Crippen LogP contribution < -0.4 is 10.5 Å². The number of benzene rings is 2. The van der Waals surface area contributed by atoms with Crippen LogP contribution in [0.4, 0.5) is 0 Å². The van der Waals surface area contributed by atoms with Crippen LogP contribution in [0.15, 0.2) is 46.9 Å². The summed E-state index contributed by atoms with van der Waals surface area (Å²) in [5.41, 5.74) is 8.33. The van der Waals surface area contributed by atoms with Crippen LogP contribution in [-0.4, -0.2) is 6.10 Å². The number of rotatable bonds is 4. The zero-order valence-corrected chi connectivity index (χ0v) is 13.8. The standard InChI is InChI=1S/C16H17BrClNO/c1-10(2)20-15-6-4-3-5-13(15)16(19)12-8-7-11(18)9-14(12)17/h3-10,16H,19H2,1-2H3. The molecule has 0 saturated heterocycles. The minimum absolute atomic E-state index is 0.108. The third kappa shape index (κ3) is 3.54. The van der Waals surface area contributed by atoms with Gasteiger partial charge in [0.05, 0.1) is 12.1 Å². The highest BCUT2D eigenvalue weighted by molar-refractivity contribution is 9.10. The Bertz CT molecular complexity index is 601. The zero-order valence-electron chi connectivity index (χ0n) is 11.4. The SMILES string of the molecule is CC(C)Oc1ccccc1C(N)c1ccc(Cl)cc1Br. The summed E-state index contributed by atoms with van der Waals surface area (Å²) in [5, 5.41) is 0.680. The van der Waals surface area contributed by atoms with E-state index in [9.17, 15) is 0 Å². The van der Waals surface area contributed by atoms with Gasteiger partial charge in [-0.2, -0.15) is 0 Å². The largest absolute Gasteiger partial charge is 0.491 e. The zero-order chi connectivity index (χ0) is 14.7. The van der Waals surface area contributed by atoms with E-state index in [0.717, 1.165) is 21.3 Å². The molecule has 0 heterocycles. The highest BCUT2D eigenvalue weighted by Crippen LogP contribution is 2.33. The molecule has 0 aromatic heterocycles. The monoisotopic (exact) mass is 353 g/mol. The first-order valence-corrected chi connectivity index (χ1v) is 7.62. The summed E-state index contributed by atoms with van der Waals surface area (Å²) in [7, 11) is 0. The molecule has 20 heavy (non-hydrogen) atoms.